The van der Waals surface area contributed by atoms with E-state index >= 15 is 0 Å². The Morgan fingerprint density at radius 3 is 2.71 bits per heavy atom. The topological polar surface area (TPSA) is 66.5 Å². The monoisotopic (exact) mass is 195 g/mol. The second kappa shape index (κ2) is 4.98. The van der Waals surface area contributed by atoms with E-state index in [1.165, 1.54) is 0 Å². The van der Waals surface area contributed by atoms with Crippen LogP contribution in [0.15, 0.2) is 18.2 Å². The summed E-state index contributed by atoms with van der Waals surface area (Å²) < 4.78 is 0. The SMILES string of the molecule is Cc1cc([C@H](N)CCCO)ccc1O. The number of hydrogen-bond acceptors (Lipinski definition) is 3. The molecule has 0 unspecified atom stereocenters. The lowest BCUT2D eigenvalue weighted by molar-refractivity contribution is 0.280. The van der Waals surface area contributed by atoms with E-state index in [0.717, 1.165) is 17.5 Å². The van der Waals surface area contributed by atoms with Crippen molar-refractivity contribution in [3.05, 3.63) is 29.3 Å². The highest BCUT2D eigenvalue weighted by Crippen LogP contribution is 2.22. The number of phenols is 1. The average molecular weight is 195 g/mol. The first kappa shape index (κ1) is 11.0. The van der Waals surface area contributed by atoms with Gasteiger partial charge in [0.25, 0.3) is 0 Å². The van der Waals surface area contributed by atoms with Gasteiger partial charge in [-0.25, -0.2) is 0 Å². The fraction of sp³-hybridized carbons (Fsp3) is 0.455. The summed E-state index contributed by atoms with van der Waals surface area (Å²) in [5.74, 6) is 0.295. The number of benzene rings is 1. The van der Waals surface area contributed by atoms with Crippen molar-refractivity contribution in [2.75, 3.05) is 6.61 Å². The number of phenolic OH excluding ortho intramolecular Hbond substituents is 1. The van der Waals surface area contributed by atoms with E-state index in [0.29, 0.717) is 12.2 Å². The van der Waals surface area contributed by atoms with Gasteiger partial charge in [0.15, 0.2) is 0 Å². The van der Waals surface area contributed by atoms with Crippen LogP contribution < -0.4 is 5.73 Å². The molecule has 0 aromatic heterocycles. The van der Waals surface area contributed by atoms with E-state index in [1.54, 1.807) is 6.07 Å². The molecule has 1 atom stereocenters. The Balaban J connectivity index is 2.70. The molecule has 0 radical (unpaired) electrons. The summed E-state index contributed by atoms with van der Waals surface area (Å²) in [4.78, 5) is 0. The highest BCUT2D eigenvalue weighted by molar-refractivity contribution is 5.36. The van der Waals surface area contributed by atoms with Crippen LogP contribution >= 0.6 is 0 Å². The molecule has 0 saturated carbocycles. The minimum Gasteiger partial charge on any atom is -0.508 e. The second-order valence-electron chi connectivity index (χ2n) is 3.52. The van der Waals surface area contributed by atoms with Crippen LogP contribution in [-0.2, 0) is 0 Å². The molecule has 1 aromatic carbocycles. The van der Waals surface area contributed by atoms with Crippen LogP contribution in [0.1, 0.15) is 30.0 Å². The molecule has 3 heteroatoms. The lowest BCUT2D eigenvalue weighted by atomic mass is 10.0. The van der Waals surface area contributed by atoms with Crippen LogP contribution in [0, 0.1) is 6.92 Å². The van der Waals surface area contributed by atoms with Crippen LogP contribution in [0.2, 0.25) is 0 Å². The Morgan fingerprint density at radius 2 is 2.14 bits per heavy atom. The number of nitrogens with two attached hydrogens (primary N) is 1. The number of aryl methyl sites for hydroxylation is 1. The molecule has 0 aliphatic rings. The van der Waals surface area contributed by atoms with Crippen LogP contribution in [0.3, 0.4) is 0 Å². The molecule has 0 fully saturated rings. The second-order valence-corrected chi connectivity index (χ2v) is 3.52. The lowest BCUT2D eigenvalue weighted by Gasteiger charge is -2.12. The minimum atomic E-state index is -0.0542. The third-order valence-electron chi connectivity index (χ3n) is 2.32. The predicted molar refractivity (Wildman–Crippen MR) is 56.1 cm³/mol. The molecule has 0 amide bonds. The van der Waals surface area contributed by atoms with Gasteiger partial charge in [0, 0.05) is 12.6 Å². The Hall–Kier alpha value is -1.06. The van der Waals surface area contributed by atoms with Gasteiger partial charge < -0.3 is 15.9 Å². The first-order valence-corrected chi connectivity index (χ1v) is 4.81. The molecular formula is C11H17NO2. The van der Waals surface area contributed by atoms with E-state index in [2.05, 4.69) is 0 Å². The highest BCUT2D eigenvalue weighted by Gasteiger charge is 2.06. The van der Waals surface area contributed by atoms with Crippen molar-refractivity contribution in [1.29, 1.82) is 0 Å². The molecule has 0 aliphatic heterocycles. The molecule has 4 N–H and O–H groups in total. The van der Waals surface area contributed by atoms with E-state index in [4.69, 9.17) is 10.8 Å². The van der Waals surface area contributed by atoms with E-state index in [9.17, 15) is 5.11 Å². The summed E-state index contributed by atoms with van der Waals surface area (Å²) in [6, 6.07) is 5.31. The van der Waals surface area contributed by atoms with Crippen molar-refractivity contribution in [3.8, 4) is 5.75 Å². The molecule has 0 spiro atoms. The minimum absolute atomic E-state index is 0.0542. The van der Waals surface area contributed by atoms with Crippen molar-refractivity contribution in [3.63, 3.8) is 0 Å². The summed E-state index contributed by atoms with van der Waals surface area (Å²) in [5.41, 5.74) is 7.75. The maximum absolute atomic E-state index is 9.32. The van der Waals surface area contributed by atoms with Crippen molar-refractivity contribution in [1.82, 2.24) is 0 Å². The summed E-state index contributed by atoms with van der Waals surface area (Å²) in [6.07, 6.45) is 1.47. The predicted octanol–water partition coefficient (Wildman–Crippen LogP) is 1.47. The molecule has 0 aliphatic carbocycles. The molecule has 3 nitrogen and oxygen atoms in total. The number of aliphatic hydroxyl groups excluding tert-OH is 1. The zero-order valence-corrected chi connectivity index (χ0v) is 8.40. The summed E-state index contributed by atoms with van der Waals surface area (Å²) in [7, 11) is 0. The molecule has 1 aromatic rings. The fourth-order valence-corrected chi connectivity index (χ4v) is 1.39. The van der Waals surface area contributed by atoms with Gasteiger partial charge in [-0.1, -0.05) is 12.1 Å². The molecular weight excluding hydrogens is 178 g/mol. The Bertz CT molecular complexity index is 299. The van der Waals surface area contributed by atoms with Gasteiger partial charge in [-0.05, 0) is 37.0 Å². The van der Waals surface area contributed by atoms with Crippen molar-refractivity contribution >= 4 is 0 Å². The van der Waals surface area contributed by atoms with Gasteiger partial charge in [0.2, 0.25) is 0 Å². The van der Waals surface area contributed by atoms with Gasteiger partial charge in [-0.2, -0.15) is 0 Å². The first-order chi connectivity index (χ1) is 6.65. The molecule has 14 heavy (non-hydrogen) atoms. The Labute approximate surface area is 84.2 Å². The number of aliphatic hydroxyl groups is 1. The third-order valence-corrected chi connectivity index (χ3v) is 2.32. The first-order valence-electron chi connectivity index (χ1n) is 4.81. The zero-order chi connectivity index (χ0) is 10.6. The van der Waals surface area contributed by atoms with Gasteiger partial charge in [0.05, 0.1) is 0 Å². The largest absolute Gasteiger partial charge is 0.508 e. The van der Waals surface area contributed by atoms with Gasteiger partial charge >= 0.3 is 0 Å². The molecule has 78 valence electrons. The van der Waals surface area contributed by atoms with Crippen LogP contribution in [0.25, 0.3) is 0 Å². The average Bonchev–Trinajstić information content (AvgIpc) is 2.18. The number of hydrogen-bond donors (Lipinski definition) is 3. The van der Waals surface area contributed by atoms with Crippen molar-refractivity contribution in [2.45, 2.75) is 25.8 Å². The molecule has 0 bridgehead atoms. The Kier molecular flexibility index (Phi) is 3.92. The Morgan fingerprint density at radius 1 is 1.43 bits per heavy atom. The smallest absolute Gasteiger partial charge is 0.118 e. The summed E-state index contributed by atoms with van der Waals surface area (Å²) in [5, 5.41) is 18.0. The van der Waals surface area contributed by atoms with E-state index in [1.807, 2.05) is 19.1 Å². The van der Waals surface area contributed by atoms with Crippen molar-refractivity contribution in [2.24, 2.45) is 5.73 Å². The van der Waals surface area contributed by atoms with Gasteiger partial charge in [-0.15, -0.1) is 0 Å². The van der Waals surface area contributed by atoms with Crippen LogP contribution in [0.4, 0.5) is 0 Å². The van der Waals surface area contributed by atoms with Crippen LogP contribution in [0.5, 0.6) is 5.75 Å². The highest BCUT2D eigenvalue weighted by atomic mass is 16.3. The number of rotatable bonds is 4. The molecule has 0 heterocycles. The zero-order valence-electron chi connectivity index (χ0n) is 8.40. The summed E-state index contributed by atoms with van der Waals surface area (Å²) >= 11 is 0. The maximum atomic E-state index is 9.32. The van der Waals surface area contributed by atoms with Crippen molar-refractivity contribution < 1.29 is 10.2 Å². The number of aromatic hydroxyl groups is 1. The van der Waals surface area contributed by atoms with Crippen LogP contribution in [-0.4, -0.2) is 16.8 Å². The summed E-state index contributed by atoms with van der Waals surface area (Å²) in [6.45, 7) is 2.02. The lowest BCUT2D eigenvalue weighted by Crippen LogP contribution is -2.10. The maximum Gasteiger partial charge on any atom is 0.118 e. The fourth-order valence-electron chi connectivity index (χ4n) is 1.39. The quantitative estimate of drug-likeness (QED) is 0.681. The van der Waals surface area contributed by atoms with Gasteiger partial charge in [-0.3, -0.25) is 0 Å². The molecule has 1 rings (SSSR count). The van der Waals surface area contributed by atoms with Gasteiger partial charge in [0.1, 0.15) is 5.75 Å². The van der Waals surface area contributed by atoms with E-state index in [-0.39, 0.29) is 12.6 Å². The third kappa shape index (κ3) is 2.72. The standard InChI is InChI=1S/C11H17NO2/c1-8-7-9(4-5-11(8)14)10(12)3-2-6-13/h4-5,7,10,13-14H,2-3,6,12H2,1H3/t10-/m1/s1. The van der Waals surface area contributed by atoms with E-state index < -0.39 is 0 Å². The molecule has 0 saturated heterocycles. The normalized spacial score (nSPS) is 12.8.